The lowest BCUT2D eigenvalue weighted by Gasteiger charge is -2.30. The van der Waals surface area contributed by atoms with Crippen molar-refractivity contribution < 1.29 is 4.79 Å². The first-order valence-corrected chi connectivity index (χ1v) is 9.34. The minimum atomic E-state index is -0.0629. The largest absolute Gasteiger partial charge is 0.350 e. The molecule has 1 atom stereocenters. The lowest BCUT2D eigenvalue weighted by Crippen LogP contribution is -2.45. The topological polar surface area (TPSA) is 58.1 Å². The van der Waals surface area contributed by atoms with Crippen molar-refractivity contribution in [2.45, 2.75) is 39.7 Å². The van der Waals surface area contributed by atoms with Crippen molar-refractivity contribution in [3.05, 3.63) is 46.5 Å². The zero-order valence-corrected chi connectivity index (χ0v) is 15.5. The van der Waals surface area contributed by atoms with Gasteiger partial charge in [0.2, 0.25) is 0 Å². The van der Waals surface area contributed by atoms with E-state index in [-0.39, 0.29) is 11.9 Å². The second-order valence-electron chi connectivity index (χ2n) is 5.68. The van der Waals surface area contributed by atoms with Gasteiger partial charge in [0, 0.05) is 12.6 Å². The maximum Gasteiger partial charge on any atom is 0.265 e. The molecule has 1 unspecified atom stereocenters. The fourth-order valence-electron chi connectivity index (χ4n) is 2.86. The molecular weight excluding hydrogens is 320 g/mol. The molecule has 1 amide bonds. The summed E-state index contributed by atoms with van der Waals surface area (Å²) in [6, 6.07) is 10.7. The van der Waals surface area contributed by atoms with Gasteiger partial charge in [0.25, 0.3) is 5.91 Å². The van der Waals surface area contributed by atoms with Crippen LogP contribution in [0.4, 0.5) is 0 Å². The standard InChI is InChI=1S/C18H26N4OS/c1-4-16-17(24-21-20-16)18(23)19-13-15(22(5-2)6-3)12-14-10-8-7-9-11-14/h7-11,15H,4-6,12-13H2,1-3H3,(H,19,23). The number of carbonyl (C=O) groups excluding carboxylic acids is 1. The number of carbonyl (C=O) groups is 1. The molecule has 2 rings (SSSR count). The van der Waals surface area contributed by atoms with Crippen molar-refractivity contribution in [3.63, 3.8) is 0 Å². The van der Waals surface area contributed by atoms with E-state index < -0.39 is 0 Å². The quantitative estimate of drug-likeness (QED) is 0.758. The van der Waals surface area contributed by atoms with Crippen molar-refractivity contribution in [1.29, 1.82) is 0 Å². The molecule has 1 aromatic heterocycles. The molecule has 0 fully saturated rings. The number of amides is 1. The highest BCUT2D eigenvalue weighted by molar-refractivity contribution is 7.08. The third-order valence-corrected chi connectivity index (χ3v) is 5.00. The van der Waals surface area contributed by atoms with Gasteiger partial charge in [0.05, 0.1) is 5.69 Å². The van der Waals surface area contributed by atoms with E-state index in [0.29, 0.717) is 11.4 Å². The van der Waals surface area contributed by atoms with Gasteiger partial charge in [-0.25, -0.2) is 0 Å². The fourth-order valence-corrected chi connectivity index (χ4v) is 3.53. The van der Waals surface area contributed by atoms with E-state index in [1.807, 2.05) is 13.0 Å². The number of hydrogen-bond donors (Lipinski definition) is 1. The molecule has 24 heavy (non-hydrogen) atoms. The van der Waals surface area contributed by atoms with Crippen molar-refractivity contribution in [2.24, 2.45) is 0 Å². The molecule has 2 aromatic rings. The Balaban J connectivity index is 2.03. The predicted octanol–water partition coefficient (Wildman–Crippen LogP) is 2.78. The van der Waals surface area contributed by atoms with E-state index in [2.05, 4.69) is 57.9 Å². The molecule has 0 aliphatic carbocycles. The van der Waals surface area contributed by atoms with Crippen LogP contribution < -0.4 is 5.32 Å². The molecule has 6 heteroatoms. The second kappa shape index (κ2) is 9.49. The molecule has 130 valence electrons. The van der Waals surface area contributed by atoms with Gasteiger partial charge in [0.1, 0.15) is 4.88 Å². The number of aromatic nitrogens is 2. The Morgan fingerprint density at radius 1 is 1.21 bits per heavy atom. The van der Waals surface area contributed by atoms with Crippen LogP contribution in [0.5, 0.6) is 0 Å². The van der Waals surface area contributed by atoms with Crippen LogP contribution in [0.15, 0.2) is 30.3 Å². The van der Waals surface area contributed by atoms with Crippen molar-refractivity contribution >= 4 is 17.4 Å². The van der Waals surface area contributed by atoms with Gasteiger partial charge in [-0.05, 0) is 43.0 Å². The van der Waals surface area contributed by atoms with Crippen LogP contribution in [0.3, 0.4) is 0 Å². The van der Waals surface area contributed by atoms with Gasteiger partial charge in [-0.15, -0.1) is 5.10 Å². The molecule has 1 aromatic carbocycles. The zero-order valence-electron chi connectivity index (χ0n) is 14.7. The first-order valence-electron chi connectivity index (χ1n) is 8.56. The number of rotatable bonds is 9. The normalized spacial score (nSPS) is 12.3. The summed E-state index contributed by atoms with van der Waals surface area (Å²) in [5.74, 6) is -0.0629. The van der Waals surface area contributed by atoms with Crippen LogP contribution in [0, 0.1) is 0 Å². The molecule has 0 spiro atoms. The van der Waals surface area contributed by atoms with Crippen LogP contribution in [-0.4, -0.2) is 46.1 Å². The molecule has 0 bridgehead atoms. The lowest BCUT2D eigenvalue weighted by atomic mass is 10.0. The number of aryl methyl sites for hydroxylation is 1. The Hall–Kier alpha value is -1.79. The summed E-state index contributed by atoms with van der Waals surface area (Å²) in [6.45, 7) is 8.85. The number of nitrogens with one attached hydrogen (secondary N) is 1. The van der Waals surface area contributed by atoms with Crippen LogP contribution >= 0.6 is 11.5 Å². The van der Waals surface area contributed by atoms with E-state index in [1.165, 1.54) is 17.1 Å². The van der Waals surface area contributed by atoms with Gasteiger partial charge >= 0.3 is 0 Å². The fraction of sp³-hybridized carbons (Fsp3) is 0.500. The second-order valence-corrected chi connectivity index (χ2v) is 6.43. The molecular formula is C18H26N4OS. The van der Waals surface area contributed by atoms with E-state index in [4.69, 9.17) is 0 Å². The number of likely N-dealkylation sites (N-methyl/N-ethyl adjacent to an activating group) is 1. The number of hydrogen-bond acceptors (Lipinski definition) is 5. The minimum Gasteiger partial charge on any atom is -0.350 e. The predicted molar refractivity (Wildman–Crippen MR) is 98.5 cm³/mol. The molecule has 0 saturated heterocycles. The Morgan fingerprint density at radius 2 is 1.92 bits per heavy atom. The summed E-state index contributed by atoms with van der Waals surface area (Å²) in [7, 11) is 0. The minimum absolute atomic E-state index is 0.0629. The van der Waals surface area contributed by atoms with Gasteiger partial charge < -0.3 is 5.32 Å². The van der Waals surface area contributed by atoms with Crippen LogP contribution in [0.25, 0.3) is 0 Å². The Labute approximate surface area is 148 Å². The number of nitrogens with zero attached hydrogens (tertiary/aromatic N) is 3. The molecule has 0 radical (unpaired) electrons. The zero-order chi connectivity index (χ0) is 17.4. The first kappa shape index (κ1) is 18.5. The Kier molecular flexibility index (Phi) is 7.34. The van der Waals surface area contributed by atoms with Gasteiger partial charge in [-0.1, -0.05) is 55.6 Å². The van der Waals surface area contributed by atoms with Crippen LogP contribution in [-0.2, 0) is 12.8 Å². The highest BCUT2D eigenvalue weighted by atomic mass is 32.1. The highest BCUT2D eigenvalue weighted by Gasteiger charge is 2.20. The summed E-state index contributed by atoms with van der Waals surface area (Å²) >= 11 is 1.17. The Morgan fingerprint density at radius 3 is 2.54 bits per heavy atom. The average Bonchev–Trinajstić information content (AvgIpc) is 3.10. The van der Waals surface area contributed by atoms with Crippen molar-refractivity contribution in [2.75, 3.05) is 19.6 Å². The molecule has 1 heterocycles. The van der Waals surface area contributed by atoms with E-state index in [0.717, 1.165) is 31.6 Å². The maximum atomic E-state index is 12.4. The SMILES string of the molecule is CCc1nnsc1C(=O)NCC(Cc1ccccc1)N(CC)CC. The molecule has 0 aliphatic rings. The van der Waals surface area contributed by atoms with Gasteiger partial charge in [-0.2, -0.15) is 0 Å². The summed E-state index contributed by atoms with van der Waals surface area (Å²) in [4.78, 5) is 15.5. The summed E-state index contributed by atoms with van der Waals surface area (Å²) in [5, 5.41) is 7.09. The van der Waals surface area contributed by atoms with Crippen molar-refractivity contribution in [3.8, 4) is 0 Å². The molecule has 0 aliphatic heterocycles. The molecule has 1 N–H and O–H groups in total. The first-order chi connectivity index (χ1) is 11.7. The Bertz CT molecular complexity index is 625. The summed E-state index contributed by atoms with van der Waals surface area (Å²) < 4.78 is 3.90. The number of benzene rings is 1. The van der Waals surface area contributed by atoms with Gasteiger partial charge in [0.15, 0.2) is 0 Å². The monoisotopic (exact) mass is 346 g/mol. The molecule has 5 nitrogen and oxygen atoms in total. The van der Waals surface area contributed by atoms with Crippen LogP contribution in [0.2, 0.25) is 0 Å². The third-order valence-electron chi connectivity index (χ3n) is 4.24. The van der Waals surface area contributed by atoms with E-state index >= 15 is 0 Å². The smallest absolute Gasteiger partial charge is 0.265 e. The maximum absolute atomic E-state index is 12.4. The highest BCUT2D eigenvalue weighted by Crippen LogP contribution is 2.12. The van der Waals surface area contributed by atoms with E-state index in [9.17, 15) is 4.79 Å². The average molecular weight is 347 g/mol. The third kappa shape index (κ3) is 4.85. The molecule has 0 saturated carbocycles. The van der Waals surface area contributed by atoms with E-state index in [1.54, 1.807) is 0 Å². The van der Waals surface area contributed by atoms with Crippen LogP contribution in [0.1, 0.15) is 41.7 Å². The van der Waals surface area contributed by atoms with Gasteiger partial charge in [-0.3, -0.25) is 9.69 Å². The van der Waals surface area contributed by atoms with Crippen molar-refractivity contribution in [1.82, 2.24) is 19.8 Å². The summed E-state index contributed by atoms with van der Waals surface area (Å²) in [6.07, 6.45) is 1.65. The lowest BCUT2D eigenvalue weighted by molar-refractivity contribution is 0.0937. The summed E-state index contributed by atoms with van der Waals surface area (Å²) in [5.41, 5.74) is 2.07.